The molecule has 0 bridgehead atoms. The summed E-state index contributed by atoms with van der Waals surface area (Å²) in [6, 6.07) is 11.4. The van der Waals surface area contributed by atoms with Crippen LogP contribution in [-0.4, -0.2) is 73.2 Å². The molecule has 1 aliphatic carbocycles. The number of carbonyl (C=O) groups is 1. The number of hydrogen-bond acceptors (Lipinski definition) is 4. The molecule has 1 aromatic rings. The molecule has 0 radical (unpaired) electrons. The third-order valence-corrected chi connectivity index (χ3v) is 8.69. The summed E-state index contributed by atoms with van der Waals surface area (Å²) < 4.78 is 6.41. The zero-order valence-corrected chi connectivity index (χ0v) is 19.7. The number of likely N-dealkylation sites (tertiary alicyclic amines) is 1. The van der Waals surface area contributed by atoms with Crippen molar-refractivity contribution >= 4 is 11.6 Å². The van der Waals surface area contributed by atoms with Gasteiger partial charge in [-0.25, -0.2) is 0 Å². The molecule has 4 fully saturated rings. The van der Waals surface area contributed by atoms with Crippen LogP contribution in [0.4, 0.5) is 5.69 Å². The second-order valence-corrected chi connectivity index (χ2v) is 10.6. The number of benzene rings is 1. The second-order valence-electron chi connectivity index (χ2n) is 10.6. The van der Waals surface area contributed by atoms with E-state index in [0.717, 1.165) is 90.3 Å². The smallest absolute Gasteiger partial charge is 0.222 e. The number of nitrogens with zero attached hydrogens (tertiary/aromatic N) is 3. The molecule has 1 amide bonds. The number of piperazine rings is 1. The maximum absolute atomic E-state index is 12.8. The molecule has 3 aliphatic heterocycles. The van der Waals surface area contributed by atoms with Crippen molar-refractivity contribution in [3.05, 3.63) is 30.3 Å². The highest BCUT2D eigenvalue weighted by Crippen LogP contribution is 2.37. The molecule has 4 aliphatic rings. The third kappa shape index (κ3) is 5.14. The van der Waals surface area contributed by atoms with Gasteiger partial charge in [-0.1, -0.05) is 43.9 Å². The maximum Gasteiger partial charge on any atom is 0.222 e. The van der Waals surface area contributed by atoms with E-state index in [1.807, 2.05) is 0 Å². The molecule has 5 nitrogen and oxygen atoms in total. The van der Waals surface area contributed by atoms with Crippen LogP contribution in [0.5, 0.6) is 0 Å². The molecule has 3 saturated heterocycles. The molecule has 0 aromatic heterocycles. The molecule has 5 heteroatoms. The highest BCUT2D eigenvalue weighted by atomic mass is 16.5. The summed E-state index contributed by atoms with van der Waals surface area (Å²) in [5.74, 6) is 1.19. The molecular weight excluding hydrogens is 398 g/mol. The van der Waals surface area contributed by atoms with Crippen molar-refractivity contribution in [3.63, 3.8) is 0 Å². The molecule has 1 spiro atoms. The number of hydrogen-bond donors (Lipinski definition) is 0. The summed E-state index contributed by atoms with van der Waals surface area (Å²) in [5.41, 5.74) is 1.35. The Kier molecular flexibility index (Phi) is 7.03. The predicted molar refractivity (Wildman–Crippen MR) is 129 cm³/mol. The van der Waals surface area contributed by atoms with Crippen molar-refractivity contribution in [2.75, 3.05) is 50.8 Å². The number of piperidine rings is 1. The van der Waals surface area contributed by atoms with Gasteiger partial charge >= 0.3 is 0 Å². The summed E-state index contributed by atoms with van der Waals surface area (Å²) in [4.78, 5) is 20.1. The first-order chi connectivity index (χ1) is 15.7. The molecule has 1 atom stereocenters. The van der Waals surface area contributed by atoms with Crippen LogP contribution in [0.15, 0.2) is 30.3 Å². The minimum atomic E-state index is 0.00170. The lowest BCUT2D eigenvalue weighted by atomic mass is 9.81. The summed E-state index contributed by atoms with van der Waals surface area (Å²) in [6.45, 7) is 7.15. The minimum absolute atomic E-state index is 0.00170. The van der Waals surface area contributed by atoms with Gasteiger partial charge in [-0.05, 0) is 50.2 Å². The van der Waals surface area contributed by atoms with Crippen molar-refractivity contribution < 1.29 is 9.53 Å². The first-order valence-electron chi connectivity index (χ1n) is 13.2. The second kappa shape index (κ2) is 10.1. The monoisotopic (exact) mass is 439 g/mol. The Morgan fingerprint density at radius 3 is 2.38 bits per heavy atom. The third-order valence-electron chi connectivity index (χ3n) is 8.69. The van der Waals surface area contributed by atoms with Crippen molar-refractivity contribution in [2.24, 2.45) is 5.92 Å². The summed E-state index contributed by atoms with van der Waals surface area (Å²) in [6.07, 6.45) is 11.6. The van der Waals surface area contributed by atoms with Gasteiger partial charge in [-0.2, -0.15) is 0 Å². The molecule has 1 unspecified atom stereocenters. The van der Waals surface area contributed by atoms with E-state index in [2.05, 4.69) is 45.0 Å². The first kappa shape index (κ1) is 22.2. The van der Waals surface area contributed by atoms with Crippen molar-refractivity contribution in [1.29, 1.82) is 0 Å². The fourth-order valence-corrected chi connectivity index (χ4v) is 6.59. The Morgan fingerprint density at radius 2 is 1.66 bits per heavy atom. The van der Waals surface area contributed by atoms with Crippen LogP contribution in [0.1, 0.15) is 64.2 Å². The Morgan fingerprint density at radius 1 is 0.938 bits per heavy atom. The average Bonchev–Trinajstić information content (AvgIpc) is 3.38. The largest absolute Gasteiger partial charge is 0.375 e. The van der Waals surface area contributed by atoms with Gasteiger partial charge in [0, 0.05) is 64.0 Å². The van der Waals surface area contributed by atoms with Crippen LogP contribution < -0.4 is 4.90 Å². The number of anilines is 1. The van der Waals surface area contributed by atoms with Crippen LogP contribution in [0, 0.1) is 5.92 Å². The summed E-state index contributed by atoms with van der Waals surface area (Å²) >= 11 is 0. The fourth-order valence-electron chi connectivity index (χ4n) is 6.59. The molecule has 1 saturated carbocycles. The topological polar surface area (TPSA) is 36.0 Å². The van der Waals surface area contributed by atoms with Crippen LogP contribution in [0.2, 0.25) is 0 Å². The highest BCUT2D eigenvalue weighted by Gasteiger charge is 2.42. The highest BCUT2D eigenvalue weighted by molar-refractivity contribution is 5.76. The quantitative estimate of drug-likeness (QED) is 0.685. The Labute approximate surface area is 194 Å². The lowest BCUT2D eigenvalue weighted by molar-refractivity contribution is -0.149. The minimum Gasteiger partial charge on any atom is -0.375 e. The zero-order valence-electron chi connectivity index (χ0n) is 19.7. The summed E-state index contributed by atoms with van der Waals surface area (Å²) in [7, 11) is 0. The van der Waals surface area contributed by atoms with E-state index in [9.17, 15) is 4.79 Å². The van der Waals surface area contributed by atoms with E-state index in [1.54, 1.807) is 0 Å². The maximum atomic E-state index is 12.8. The van der Waals surface area contributed by atoms with Gasteiger partial charge in [0.1, 0.15) is 0 Å². The number of carbonyl (C=O) groups excluding carboxylic acids is 1. The van der Waals surface area contributed by atoms with Gasteiger partial charge in [0.2, 0.25) is 5.91 Å². The first-order valence-corrected chi connectivity index (χ1v) is 13.2. The molecule has 5 rings (SSSR count). The van der Waals surface area contributed by atoms with Crippen molar-refractivity contribution in [3.8, 4) is 0 Å². The van der Waals surface area contributed by atoms with Crippen molar-refractivity contribution in [1.82, 2.24) is 9.80 Å². The van der Waals surface area contributed by atoms with E-state index in [4.69, 9.17) is 4.74 Å². The van der Waals surface area contributed by atoms with Gasteiger partial charge < -0.3 is 14.5 Å². The standard InChI is InChI=1S/C27H41N3O2/c31-26(11-10-23-6-4-5-7-23)30-15-13-27(14-16-30)22-25(12-21-32-27)29-19-17-28(18-20-29)24-8-2-1-3-9-24/h1-3,8-9,23,25H,4-7,10-22H2. The molecular formula is C27H41N3O2. The number of amides is 1. The van der Waals surface area contributed by atoms with Gasteiger partial charge in [-0.15, -0.1) is 0 Å². The van der Waals surface area contributed by atoms with Gasteiger partial charge in [-0.3, -0.25) is 9.69 Å². The number of rotatable bonds is 5. The van der Waals surface area contributed by atoms with Crippen LogP contribution in [0.3, 0.4) is 0 Å². The predicted octanol–water partition coefficient (Wildman–Crippen LogP) is 4.32. The Hall–Kier alpha value is -1.59. The Balaban J connectivity index is 1.09. The number of para-hydroxylation sites is 1. The van der Waals surface area contributed by atoms with Crippen LogP contribution in [0.25, 0.3) is 0 Å². The number of ether oxygens (including phenoxy) is 1. The van der Waals surface area contributed by atoms with Crippen molar-refractivity contribution in [2.45, 2.75) is 75.9 Å². The van der Waals surface area contributed by atoms with E-state index >= 15 is 0 Å². The van der Waals surface area contributed by atoms with E-state index in [-0.39, 0.29) is 5.60 Å². The van der Waals surface area contributed by atoms with Crippen LogP contribution >= 0.6 is 0 Å². The molecule has 3 heterocycles. The van der Waals surface area contributed by atoms with Gasteiger partial charge in [0.15, 0.2) is 0 Å². The molecule has 0 N–H and O–H groups in total. The van der Waals surface area contributed by atoms with Crippen LogP contribution in [-0.2, 0) is 9.53 Å². The Bertz CT molecular complexity index is 733. The molecule has 176 valence electrons. The zero-order chi connectivity index (χ0) is 21.8. The SMILES string of the molecule is O=C(CCC1CCCC1)N1CCC2(CC1)CC(N1CCN(c3ccccc3)CC1)CCO2. The molecule has 1 aromatic carbocycles. The van der Waals surface area contributed by atoms with E-state index in [1.165, 1.54) is 31.4 Å². The summed E-state index contributed by atoms with van der Waals surface area (Å²) in [5, 5.41) is 0. The fraction of sp³-hybridized carbons (Fsp3) is 0.741. The van der Waals surface area contributed by atoms with E-state index < -0.39 is 0 Å². The lowest BCUT2D eigenvalue weighted by Gasteiger charge is -2.50. The van der Waals surface area contributed by atoms with Gasteiger partial charge in [0.05, 0.1) is 5.60 Å². The lowest BCUT2D eigenvalue weighted by Crippen LogP contribution is -2.57. The van der Waals surface area contributed by atoms with E-state index in [0.29, 0.717) is 11.9 Å². The molecule has 32 heavy (non-hydrogen) atoms. The van der Waals surface area contributed by atoms with Gasteiger partial charge in [0.25, 0.3) is 0 Å². The normalized spacial score (nSPS) is 27.2. The average molecular weight is 440 g/mol.